The average molecular weight is 292 g/mol. The normalized spacial score (nSPS) is 10.8. The molecular formula is C15H18ClN3O. The molecule has 2 N–H and O–H groups in total. The van der Waals surface area contributed by atoms with E-state index in [1.165, 1.54) is 6.33 Å². The van der Waals surface area contributed by atoms with Crippen molar-refractivity contribution >= 4 is 17.4 Å². The zero-order valence-corrected chi connectivity index (χ0v) is 12.6. The minimum Gasteiger partial charge on any atom is -0.439 e. The second-order valence-corrected chi connectivity index (χ2v) is 5.25. The summed E-state index contributed by atoms with van der Waals surface area (Å²) in [5.41, 5.74) is 7.76. The van der Waals surface area contributed by atoms with Gasteiger partial charge in [0.2, 0.25) is 5.88 Å². The van der Waals surface area contributed by atoms with Crippen LogP contribution in [0.25, 0.3) is 0 Å². The van der Waals surface area contributed by atoms with Gasteiger partial charge in [-0.1, -0.05) is 32.4 Å². The molecule has 0 spiro atoms. The molecule has 0 amide bonds. The summed E-state index contributed by atoms with van der Waals surface area (Å²) in [5, 5.41) is 0.742. The molecule has 0 aliphatic carbocycles. The number of nitrogens with two attached hydrogens (primary N) is 1. The number of rotatable bonds is 4. The predicted molar refractivity (Wildman–Crippen MR) is 81.4 cm³/mol. The van der Waals surface area contributed by atoms with Crippen LogP contribution in [0.3, 0.4) is 0 Å². The first-order valence-corrected chi connectivity index (χ1v) is 6.97. The molecule has 0 unspecified atom stereocenters. The summed E-state index contributed by atoms with van der Waals surface area (Å²) in [4.78, 5) is 8.20. The van der Waals surface area contributed by atoms with Crippen molar-refractivity contribution in [3.63, 3.8) is 0 Å². The Morgan fingerprint density at radius 1 is 1.30 bits per heavy atom. The van der Waals surface area contributed by atoms with Crippen LogP contribution < -0.4 is 10.5 Å². The minimum atomic E-state index is 0.184. The lowest BCUT2D eigenvalue weighted by Gasteiger charge is -2.14. The van der Waals surface area contributed by atoms with Crippen LogP contribution in [0, 0.1) is 0 Å². The fourth-order valence-corrected chi connectivity index (χ4v) is 2.26. The molecule has 0 fully saturated rings. The Bertz CT molecular complexity index is 614. The third-order valence-corrected chi connectivity index (χ3v) is 3.44. The van der Waals surface area contributed by atoms with Crippen LogP contribution in [0.4, 0.5) is 5.82 Å². The lowest BCUT2D eigenvalue weighted by molar-refractivity contribution is 0.451. The van der Waals surface area contributed by atoms with Gasteiger partial charge >= 0.3 is 0 Å². The van der Waals surface area contributed by atoms with E-state index in [0.717, 1.165) is 22.6 Å². The molecule has 4 nitrogen and oxygen atoms in total. The van der Waals surface area contributed by atoms with Crippen LogP contribution in [-0.2, 0) is 6.42 Å². The van der Waals surface area contributed by atoms with Gasteiger partial charge in [0.1, 0.15) is 17.9 Å². The molecule has 20 heavy (non-hydrogen) atoms. The van der Waals surface area contributed by atoms with Gasteiger partial charge < -0.3 is 10.5 Å². The molecule has 0 aliphatic rings. The van der Waals surface area contributed by atoms with Crippen molar-refractivity contribution in [3.05, 3.63) is 40.7 Å². The molecule has 0 atom stereocenters. The molecule has 1 heterocycles. The number of nitrogen functional groups attached to an aromatic ring is 1. The van der Waals surface area contributed by atoms with Crippen LogP contribution in [0.15, 0.2) is 24.5 Å². The summed E-state index contributed by atoms with van der Waals surface area (Å²) in [5.74, 6) is 1.84. The summed E-state index contributed by atoms with van der Waals surface area (Å²) >= 11 is 6.11. The first kappa shape index (κ1) is 14.6. The monoisotopic (exact) mass is 291 g/mol. The van der Waals surface area contributed by atoms with E-state index in [1.54, 1.807) is 0 Å². The molecule has 1 aromatic carbocycles. The predicted octanol–water partition coefficient (Wildman–Crippen LogP) is 4.19. The average Bonchev–Trinajstić information content (AvgIpc) is 2.40. The molecule has 2 rings (SSSR count). The number of nitrogens with zero attached hydrogens (tertiary/aromatic N) is 2. The first-order chi connectivity index (χ1) is 9.52. The number of benzene rings is 1. The lowest BCUT2D eigenvalue weighted by Crippen LogP contribution is -2.04. The van der Waals surface area contributed by atoms with Crippen molar-refractivity contribution in [2.24, 2.45) is 0 Å². The maximum Gasteiger partial charge on any atom is 0.227 e. The number of aryl methyl sites for hydroxylation is 1. The second kappa shape index (κ2) is 6.09. The summed E-state index contributed by atoms with van der Waals surface area (Å²) in [6.07, 6.45) is 2.26. The largest absolute Gasteiger partial charge is 0.439 e. The molecular weight excluding hydrogens is 274 g/mol. The van der Waals surface area contributed by atoms with Crippen molar-refractivity contribution in [1.82, 2.24) is 9.97 Å². The highest BCUT2D eigenvalue weighted by Crippen LogP contribution is 2.32. The Labute approximate surface area is 124 Å². The highest BCUT2D eigenvalue weighted by Gasteiger charge is 2.15. The topological polar surface area (TPSA) is 61.0 Å². The van der Waals surface area contributed by atoms with Gasteiger partial charge in [-0.3, -0.25) is 0 Å². The van der Waals surface area contributed by atoms with Gasteiger partial charge in [0.15, 0.2) is 0 Å². The summed E-state index contributed by atoms with van der Waals surface area (Å²) in [7, 11) is 0. The molecule has 5 heteroatoms. The van der Waals surface area contributed by atoms with E-state index in [2.05, 4.69) is 9.97 Å². The molecule has 106 valence electrons. The molecule has 0 radical (unpaired) electrons. The van der Waals surface area contributed by atoms with Crippen molar-refractivity contribution in [1.29, 1.82) is 0 Å². The molecule has 2 aromatic rings. The highest BCUT2D eigenvalue weighted by atomic mass is 35.5. The van der Waals surface area contributed by atoms with Crippen molar-refractivity contribution in [2.45, 2.75) is 33.1 Å². The van der Waals surface area contributed by atoms with Crippen LogP contribution in [0.2, 0.25) is 5.02 Å². The number of halogens is 1. The van der Waals surface area contributed by atoms with Crippen LogP contribution in [0.5, 0.6) is 11.6 Å². The van der Waals surface area contributed by atoms with Gasteiger partial charge in [0, 0.05) is 5.02 Å². The summed E-state index contributed by atoms with van der Waals surface area (Å²) < 4.78 is 5.86. The quantitative estimate of drug-likeness (QED) is 0.917. The van der Waals surface area contributed by atoms with E-state index in [0.29, 0.717) is 17.4 Å². The Morgan fingerprint density at radius 3 is 2.70 bits per heavy atom. The van der Waals surface area contributed by atoms with Gasteiger partial charge in [0.05, 0.1) is 5.56 Å². The lowest BCUT2D eigenvalue weighted by atomic mass is 10.1. The van der Waals surface area contributed by atoms with E-state index in [4.69, 9.17) is 22.1 Å². The minimum absolute atomic E-state index is 0.184. The number of hydrogen-bond acceptors (Lipinski definition) is 4. The SMILES string of the molecule is CCc1cc(Oc2ncnc(N)c2C(C)C)ccc1Cl. The Kier molecular flexibility index (Phi) is 4.45. The highest BCUT2D eigenvalue weighted by molar-refractivity contribution is 6.31. The Morgan fingerprint density at radius 2 is 2.05 bits per heavy atom. The van der Waals surface area contributed by atoms with Gasteiger partial charge in [-0.25, -0.2) is 9.97 Å². The fraction of sp³-hybridized carbons (Fsp3) is 0.333. The summed E-state index contributed by atoms with van der Waals surface area (Å²) in [6, 6.07) is 5.57. The molecule has 1 aromatic heterocycles. The number of anilines is 1. The number of ether oxygens (including phenoxy) is 1. The van der Waals surface area contributed by atoms with Gasteiger partial charge in [0.25, 0.3) is 0 Å². The zero-order chi connectivity index (χ0) is 14.7. The molecule has 0 saturated heterocycles. The Hall–Kier alpha value is -1.81. The van der Waals surface area contributed by atoms with E-state index < -0.39 is 0 Å². The molecule has 0 bridgehead atoms. The third-order valence-electron chi connectivity index (χ3n) is 3.07. The fourth-order valence-electron chi connectivity index (χ4n) is 2.01. The maximum absolute atomic E-state index is 6.11. The van der Waals surface area contributed by atoms with Crippen molar-refractivity contribution < 1.29 is 4.74 Å². The van der Waals surface area contributed by atoms with Gasteiger partial charge in [-0.05, 0) is 36.1 Å². The third kappa shape index (κ3) is 3.02. The smallest absolute Gasteiger partial charge is 0.227 e. The number of hydrogen-bond donors (Lipinski definition) is 1. The van der Waals surface area contributed by atoms with Gasteiger partial charge in [-0.2, -0.15) is 0 Å². The van der Waals surface area contributed by atoms with Crippen LogP contribution >= 0.6 is 11.6 Å². The number of aromatic nitrogens is 2. The Balaban J connectivity index is 2.37. The zero-order valence-electron chi connectivity index (χ0n) is 11.9. The van der Waals surface area contributed by atoms with Crippen molar-refractivity contribution in [2.75, 3.05) is 5.73 Å². The van der Waals surface area contributed by atoms with Crippen LogP contribution in [0.1, 0.15) is 37.8 Å². The van der Waals surface area contributed by atoms with E-state index in [-0.39, 0.29) is 5.92 Å². The van der Waals surface area contributed by atoms with E-state index >= 15 is 0 Å². The van der Waals surface area contributed by atoms with Crippen LogP contribution in [-0.4, -0.2) is 9.97 Å². The second-order valence-electron chi connectivity index (χ2n) is 4.84. The molecule has 0 aliphatic heterocycles. The van der Waals surface area contributed by atoms with E-state index in [9.17, 15) is 0 Å². The first-order valence-electron chi connectivity index (χ1n) is 6.59. The van der Waals surface area contributed by atoms with Gasteiger partial charge in [-0.15, -0.1) is 0 Å². The standard InChI is InChI=1S/C15H18ClN3O/c1-4-10-7-11(5-6-12(10)16)20-15-13(9(2)3)14(17)18-8-19-15/h5-9H,4H2,1-3H3,(H2,17,18,19). The maximum atomic E-state index is 6.11. The van der Waals surface area contributed by atoms with E-state index in [1.807, 2.05) is 39.0 Å². The van der Waals surface area contributed by atoms with Crippen molar-refractivity contribution in [3.8, 4) is 11.6 Å². The molecule has 0 saturated carbocycles. The summed E-state index contributed by atoms with van der Waals surface area (Å²) in [6.45, 7) is 6.11.